The Balaban J connectivity index is 2.14. The van der Waals surface area contributed by atoms with Gasteiger partial charge in [0.05, 0.1) is 12.7 Å². The molecule has 0 radical (unpaired) electrons. The summed E-state index contributed by atoms with van der Waals surface area (Å²) in [6, 6.07) is 6.12. The van der Waals surface area contributed by atoms with Gasteiger partial charge in [-0.3, -0.25) is 0 Å². The molecule has 0 aliphatic carbocycles. The van der Waals surface area contributed by atoms with Gasteiger partial charge in [0, 0.05) is 12.4 Å². The Morgan fingerprint density at radius 1 is 1.26 bits per heavy atom. The highest BCUT2D eigenvalue weighted by Gasteiger charge is 2.10. The van der Waals surface area contributed by atoms with Crippen molar-refractivity contribution >= 4 is 5.97 Å². The fraction of sp³-hybridized carbons (Fsp3) is 0.154. The van der Waals surface area contributed by atoms with E-state index in [9.17, 15) is 4.79 Å². The maximum Gasteiger partial charge on any atom is 0.335 e. The summed E-state index contributed by atoms with van der Waals surface area (Å²) in [6.45, 7) is 0.184. The molecule has 0 atom stereocenters. The van der Waals surface area contributed by atoms with Gasteiger partial charge in [-0.1, -0.05) is 0 Å². The van der Waals surface area contributed by atoms with E-state index in [4.69, 9.17) is 14.6 Å². The van der Waals surface area contributed by atoms with Gasteiger partial charge in [0.25, 0.3) is 0 Å². The van der Waals surface area contributed by atoms with Crippen LogP contribution in [0.5, 0.6) is 11.5 Å². The van der Waals surface area contributed by atoms with Crippen LogP contribution in [0.2, 0.25) is 0 Å². The van der Waals surface area contributed by atoms with Crippen LogP contribution in [-0.2, 0) is 6.61 Å². The Morgan fingerprint density at radius 3 is 2.63 bits per heavy atom. The zero-order chi connectivity index (χ0) is 13.7. The summed E-state index contributed by atoms with van der Waals surface area (Å²) >= 11 is 0. The first-order valence-electron chi connectivity index (χ1n) is 5.50. The largest absolute Gasteiger partial charge is 0.493 e. The molecule has 0 amide bonds. The summed E-state index contributed by atoms with van der Waals surface area (Å²) in [5.74, 6) is 0.318. The number of ether oxygens (including phenoxy) is 2. The molecule has 0 fully saturated rings. The molecule has 1 aromatic heterocycles. The van der Waals surface area contributed by atoms with Crippen molar-refractivity contribution in [1.82, 2.24) is 9.97 Å². The minimum absolute atomic E-state index is 0.139. The van der Waals surface area contributed by atoms with Crippen LogP contribution in [0, 0.1) is 0 Å². The minimum atomic E-state index is -1.02. The number of hydrogen-bond donors (Lipinski definition) is 1. The lowest BCUT2D eigenvalue weighted by Crippen LogP contribution is -2.03. The summed E-state index contributed by atoms with van der Waals surface area (Å²) in [5.41, 5.74) is 0.139. The van der Waals surface area contributed by atoms with Crippen molar-refractivity contribution in [2.75, 3.05) is 7.11 Å². The molecule has 0 saturated heterocycles. The Kier molecular flexibility index (Phi) is 3.92. The second-order valence-corrected chi connectivity index (χ2v) is 3.62. The fourth-order valence-corrected chi connectivity index (χ4v) is 1.47. The highest BCUT2D eigenvalue weighted by Crippen LogP contribution is 2.28. The SMILES string of the molecule is COc1cc(C(=O)O)ccc1OCc1ncccn1. The third-order valence-electron chi connectivity index (χ3n) is 2.39. The molecular formula is C13H12N2O4. The second kappa shape index (κ2) is 5.81. The third-order valence-corrected chi connectivity index (χ3v) is 2.39. The second-order valence-electron chi connectivity index (χ2n) is 3.62. The number of rotatable bonds is 5. The fourth-order valence-electron chi connectivity index (χ4n) is 1.47. The Morgan fingerprint density at radius 2 is 2.00 bits per heavy atom. The minimum Gasteiger partial charge on any atom is -0.493 e. The summed E-state index contributed by atoms with van der Waals surface area (Å²) in [7, 11) is 1.45. The van der Waals surface area contributed by atoms with Crippen LogP contribution in [0.4, 0.5) is 0 Å². The van der Waals surface area contributed by atoms with E-state index < -0.39 is 5.97 Å². The average molecular weight is 260 g/mol. The van der Waals surface area contributed by atoms with E-state index in [1.165, 1.54) is 19.2 Å². The number of nitrogens with zero attached hydrogens (tertiary/aromatic N) is 2. The topological polar surface area (TPSA) is 81.5 Å². The van der Waals surface area contributed by atoms with E-state index in [1.54, 1.807) is 24.5 Å². The Bertz CT molecular complexity index is 572. The van der Waals surface area contributed by atoms with E-state index in [-0.39, 0.29) is 12.2 Å². The lowest BCUT2D eigenvalue weighted by Gasteiger charge is -2.10. The van der Waals surface area contributed by atoms with Gasteiger partial charge in [0.15, 0.2) is 17.3 Å². The molecule has 0 aliphatic rings. The molecular weight excluding hydrogens is 248 g/mol. The van der Waals surface area contributed by atoms with Gasteiger partial charge in [-0.15, -0.1) is 0 Å². The highest BCUT2D eigenvalue weighted by atomic mass is 16.5. The number of aromatic nitrogens is 2. The van der Waals surface area contributed by atoms with Crippen molar-refractivity contribution in [3.63, 3.8) is 0 Å². The highest BCUT2D eigenvalue weighted by molar-refractivity contribution is 5.88. The van der Waals surface area contributed by atoms with Crippen LogP contribution < -0.4 is 9.47 Å². The van der Waals surface area contributed by atoms with Crippen LogP contribution in [0.25, 0.3) is 0 Å². The van der Waals surface area contributed by atoms with Crippen molar-refractivity contribution < 1.29 is 19.4 Å². The molecule has 6 nitrogen and oxygen atoms in total. The van der Waals surface area contributed by atoms with Gasteiger partial charge in [0.2, 0.25) is 0 Å². The van der Waals surface area contributed by atoms with Crippen molar-refractivity contribution in [1.29, 1.82) is 0 Å². The van der Waals surface area contributed by atoms with E-state index in [2.05, 4.69) is 9.97 Å². The first-order valence-corrected chi connectivity index (χ1v) is 5.50. The van der Waals surface area contributed by atoms with E-state index in [0.717, 1.165) is 0 Å². The Labute approximate surface area is 109 Å². The normalized spacial score (nSPS) is 9.95. The van der Waals surface area contributed by atoms with Crippen LogP contribution in [0.1, 0.15) is 16.2 Å². The molecule has 2 aromatic rings. The van der Waals surface area contributed by atoms with E-state index >= 15 is 0 Å². The number of hydrogen-bond acceptors (Lipinski definition) is 5. The molecule has 0 saturated carbocycles. The zero-order valence-electron chi connectivity index (χ0n) is 10.2. The summed E-state index contributed by atoms with van der Waals surface area (Å²) in [6.07, 6.45) is 3.24. The van der Waals surface area contributed by atoms with Gasteiger partial charge in [-0.25, -0.2) is 14.8 Å². The maximum atomic E-state index is 10.8. The number of aromatic carboxylic acids is 1. The monoisotopic (exact) mass is 260 g/mol. The van der Waals surface area contributed by atoms with E-state index in [1.807, 2.05) is 0 Å². The molecule has 19 heavy (non-hydrogen) atoms. The average Bonchev–Trinajstić information content (AvgIpc) is 2.45. The first-order chi connectivity index (χ1) is 9.20. The lowest BCUT2D eigenvalue weighted by molar-refractivity contribution is 0.0696. The quantitative estimate of drug-likeness (QED) is 0.882. The van der Waals surface area contributed by atoms with E-state index in [0.29, 0.717) is 17.3 Å². The molecule has 1 N–H and O–H groups in total. The van der Waals surface area contributed by atoms with Crippen LogP contribution in [0.3, 0.4) is 0 Å². The van der Waals surface area contributed by atoms with Crippen molar-refractivity contribution in [3.05, 3.63) is 48.0 Å². The summed E-state index contributed by atoms with van der Waals surface area (Å²) in [4.78, 5) is 18.9. The lowest BCUT2D eigenvalue weighted by atomic mass is 10.2. The first kappa shape index (κ1) is 12.8. The predicted octanol–water partition coefficient (Wildman–Crippen LogP) is 1.76. The van der Waals surface area contributed by atoms with Gasteiger partial charge in [0.1, 0.15) is 6.61 Å². The standard InChI is InChI=1S/C13H12N2O4/c1-18-11-7-9(13(16)17)3-4-10(11)19-8-12-14-5-2-6-15-12/h2-7H,8H2,1H3,(H,16,17). The zero-order valence-corrected chi connectivity index (χ0v) is 10.2. The third kappa shape index (κ3) is 3.19. The molecule has 0 unspecified atom stereocenters. The number of carboxylic acid groups (broad SMARTS) is 1. The van der Waals surface area contributed by atoms with Crippen molar-refractivity contribution in [2.45, 2.75) is 6.61 Å². The smallest absolute Gasteiger partial charge is 0.335 e. The van der Waals surface area contributed by atoms with Crippen LogP contribution in [0.15, 0.2) is 36.7 Å². The number of carbonyl (C=O) groups is 1. The van der Waals surface area contributed by atoms with Crippen molar-refractivity contribution in [3.8, 4) is 11.5 Å². The summed E-state index contributed by atoms with van der Waals surface area (Å²) < 4.78 is 10.6. The van der Waals surface area contributed by atoms with Gasteiger partial charge >= 0.3 is 5.97 Å². The van der Waals surface area contributed by atoms with Crippen molar-refractivity contribution in [2.24, 2.45) is 0 Å². The number of carboxylic acids is 1. The van der Waals surface area contributed by atoms with Gasteiger partial charge in [-0.05, 0) is 24.3 Å². The molecule has 1 aromatic carbocycles. The Hall–Kier alpha value is -2.63. The maximum absolute atomic E-state index is 10.8. The molecule has 98 valence electrons. The number of methoxy groups -OCH3 is 1. The number of benzene rings is 1. The van der Waals surface area contributed by atoms with Gasteiger partial charge < -0.3 is 14.6 Å². The molecule has 1 heterocycles. The van der Waals surface area contributed by atoms with Crippen LogP contribution >= 0.6 is 0 Å². The molecule has 0 aliphatic heterocycles. The summed E-state index contributed by atoms with van der Waals surface area (Å²) in [5, 5.41) is 8.89. The molecule has 0 spiro atoms. The van der Waals surface area contributed by atoms with Crippen LogP contribution in [-0.4, -0.2) is 28.2 Å². The molecule has 0 bridgehead atoms. The molecule has 2 rings (SSSR count). The predicted molar refractivity (Wildman–Crippen MR) is 66.3 cm³/mol. The van der Waals surface area contributed by atoms with Gasteiger partial charge in [-0.2, -0.15) is 0 Å². The molecule has 6 heteroatoms.